The molecule has 0 saturated carbocycles. The van der Waals surface area contributed by atoms with E-state index < -0.39 is 5.97 Å². The first-order chi connectivity index (χ1) is 10.2. The molecule has 2 rings (SSSR count). The summed E-state index contributed by atoms with van der Waals surface area (Å²) in [5, 5.41) is 9.12. The van der Waals surface area contributed by atoms with Crippen molar-refractivity contribution in [3.8, 4) is 0 Å². The zero-order chi connectivity index (χ0) is 15.2. The fraction of sp³-hybridized carbons (Fsp3) is 0.588. The first kappa shape index (κ1) is 15.7. The molecule has 4 nitrogen and oxygen atoms in total. The Bertz CT molecular complexity index is 579. The Kier molecular flexibility index (Phi) is 5.48. The topological polar surface area (TPSA) is 63.6 Å². The van der Waals surface area contributed by atoms with Crippen LogP contribution in [0.25, 0.3) is 11.2 Å². The second kappa shape index (κ2) is 7.34. The van der Waals surface area contributed by atoms with E-state index in [1.165, 1.54) is 25.7 Å². The maximum Gasteiger partial charge on any atom is 0.339 e. The van der Waals surface area contributed by atoms with E-state index >= 15 is 0 Å². The standard InChI is InChI=1S/C17H24O4/c1-3-5-6-7-9-12(8-4-2)13-10-11-14(17(18)19)16-15(13)20-21-16/h10-12H,3-9H2,1-2H3,(H,18,19). The van der Waals surface area contributed by atoms with Gasteiger partial charge in [-0.05, 0) is 24.8 Å². The lowest BCUT2D eigenvalue weighted by atomic mass is 9.88. The average molecular weight is 292 g/mol. The number of aromatic carboxylic acids is 1. The number of carbonyl (C=O) groups is 1. The van der Waals surface area contributed by atoms with Crippen LogP contribution < -0.4 is 0 Å². The summed E-state index contributed by atoms with van der Waals surface area (Å²) in [4.78, 5) is 11.1. The average Bonchev–Trinajstić information content (AvgIpc) is 2.42. The Balaban J connectivity index is 2.17. The number of rotatable bonds is 9. The largest absolute Gasteiger partial charge is 0.478 e. The van der Waals surface area contributed by atoms with Crippen molar-refractivity contribution in [3.63, 3.8) is 0 Å². The molecule has 0 fully saturated rings. The van der Waals surface area contributed by atoms with Crippen LogP contribution in [-0.2, 0) is 0 Å². The predicted molar refractivity (Wildman–Crippen MR) is 81.8 cm³/mol. The van der Waals surface area contributed by atoms with Crippen LogP contribution in [0.15, 0.2) is 21.3 Å². The first-order valence-electron chi connectivity index (χ1n) is 7.93. The van der Waals surface area contributed by atoms with Crippen molar-refractivity contribution in [1.82, 2.24) is 0 Å². The molecule has 0 aliphatic rings. The van der Waals surface area contributed by atoms with Crippen LogP contribution in [0.1, 0.15) is 80.6 Å². The Hall–Kier alpha value is -1.71. The molecule has 1 aromatic carbocycles. The lowest BCUT2D eigenvalue weighted by molar-refractivity contribution is 0.0529. The van der Waals surface area contributed by atoms with Crippen molar-refractivity contribution < 1.29 is 19.1 Å². The van der Waals surface area contributed by atoms with Crippen LogP contribution in [0.4, 0.5) is 0 Å². The molecule has 21 heavy (non-hydrogen) atoms. The Morgan fingerprint density at radius 3 is 2.38 bits per heavy atom. The Labute approximate surface area is 125 Å². The molecule has 2 aromatic rings. The van der Waals surface area contributed by atoms with Crippen molar-refractivity contribution >= 4 is 17.1 Å². The number of benzene rings is 1. The number of carboxylic acid groups (broad SMARTS) is 1. The van der Waals surface area contributed by atoms with E-state index in [0.29, 0.717) is 17.1 Å². The van der Waals surface area contributed by atoms with Crippen molar-refractivity contribution in [3.05, 3.63) is 23.3 Å². The van der Waals surface area contributed by atoms with Gasteiger partial charge in [-0.1, -0.05) is 52.0 Å². The normalized spacial score (nSPS) is 12.9. The highest BCUT2D eigenvalue weighted by Gasteiger charge is 2.24. The second-order valence-corrected chi connectivity index (χ2v) is 5.67. The Morgan fingerprint density at radius 2 is 1.81 bits per heavy atom. The summed E-state index contributed by atoms with van der Waals surface area (Å²) in [6.07, 6.45) is 8.28. The number of carboxylic acids is 1. The van der Waals surface area contributed by atoms with E-state index in [-0.39, 0.29) is 5.56 Å². The van der Waals surface area contributed by atoms with Gasteiger partial charge in [0.05, 0.1) is 0 Å². The van der Waals surface area contributed by atoms with Gasteiger partial charge in [0.15, 0.2) is 0 Å². The minimum atomic E-state index is -0.976. The molecule has 4 heteroatoms. The Morgan fingerprint density at radius 1 is 1.05 bits per heavy atom. The van der Waals surface area contributed by atoms with Gasteiger partial charge in [-0.25, -0.2) is 4.79 Å². The molecule has 0 aliphatic carbocycles. The predicted octanol–water partition coefficient (Wildman–Crippen LogP) is 5.58. The number of hydrogen-bond acceptors (Lipinski definition) is 3. The smallest absolute Gasteiger partial charge is 0.339 e. The highest BCUT2D eigenvalue weighted by Crippen LogP contribution is 2.36. The van der Waals surface area contributed by atoms with Crippen LogP contribution in [0.2, 0.25) is 0 Å². The van der Waals surface area contributed by atoms with Gasteiger partial charge >= 0.3 is 5.97 Å². The van der Waals surface area contributed by atoms with Gasteiger partial charge in [0.25, 0.3) is 0 Å². The molecular weight excluding hydrogens is 268 g/mol. The highest BCUT2D eigenvalue weighted by molar-refractivity contribution is 6.00. The highest BCUT2D eigenvalue weighted by atomic mass is 17.0. The van der Waals surface area contributed by atoms with Crippen molar-refractivity contribution in [2.45, 2.75) is 64.7 Å². The molecule has 0 radical (unpaired) electrons. The van der Waals surface area contributed by atoms with Crippen LogP contribution in [-0.4, -0.2) is 11.1 Å². The van der Waals surface area contributed by atoms with Crippen LogP contribution in [0.3, 0.4) is 0 Å². The lowest BCUT2D eigenvalue weighted by Crippen LogP contribution is -2.05. The summed E-state index contributed by atoms with van der Waals surface area (Å²) in [6, 6.07) is 3.53. The van der Waals surface area contributed by atoms with Crippen molar-refractivity contribution in [2.75, 3.05) is 0 Å². The summed E-state index contributed by atoms with van der Waals surface area (Å²) in [6.45, 7) is 4.39. The molecule has 116 valence electrons. The number of hydrogen-bond donors (Lipinski definition) is 1. The third-order valence-electron chi connectivity index (χ3n) is 4.06. The van der Waals surface area contributed by atoms with Crippen LogP contribution >= 0.6 is 0 Å². The minimum Gasteiger partial charge on any atom is -0.478 e. The zero-order valence-corrected chi connectivity index (χ0v) is 12.9. The van der Waals surface area contributed by atoms with Gasteiger partial charge in [0.2, 0.25) is 11.2 Å². The fourth-order valence-electron chi connectivity index (χ4n) is 2.91. The van der Waals surface area contributed by atoms with E-state index in [0.717, 1.165) is 24.8 Å². The molecule has 0 aliphatic heterocycles. The van der Waals surface area contributed by atoms with Crippen molar-refractivity contribution in [2.24, 2.45) is 0 Å². The SMILES string of the molecule is CCCCCCC(CCC)c1ccc(C(=O)O)c2ooc12. The monoisotopic (exact) mass is 292 g/mol. The molecular formula is C17H24O4. The molecule has 1 atom stereocenters. The third-order valence-corrected chi connectivity index (χ3v) is 4.06. The molecule has 1 heterocycles. The van der Waals surface area contributed by atoms with E-state index in [2.05, 4.69) is 13.8 Å². The molecule has 0 spiro atoms. The summed E-state index contributed by atoms with van der Waals surface area (Å²) >= 11 is 0. The van der Waals surface area contributed by atoms with Gasteiger partial charge in [-0.15, -0.1) is 0 Å². The summed E-state index contributed by atoms with van der Waals surface area (Å²) < 4.78 is 9.99. The van der Waals surface area contributed by atoms with Gasteiger partial charge in [-0.2, -0.15) is 0 Å². The molecule has 1 aromatic heterocycles. The van der Waals surface area contributed by atoms with Gasteiger partial charge < -0.3 is 5.11 Å². The zero-order valence-electron chi connectivity index (χ0n) is 12.9. The van der Waals surface area contributed by atoms with E-state index in [9.17, 15) is 4.79 Å². The van der Waals surface area contributed by atoms with Gasteiger partial charge in [0.1, 0.15) is 5.56 Å². The van der Waals surface area contributed by atoms with Gasteiger partial charge in [-0.3, -0.25) is 9.15 Å². The van der Waals surface area contributed by atoms with E-state index in [4.69, 9.17) is 14.3 Å². The van der Waals surface area contributed by atoms with E-state index in [1.54, 1.807) is 6.07 Å². The third kappa shape index (κ3) is 3.49. The van der Waals surface area contributed by atoms with Gasteiger partial charge in [0, 0.05) is 5.56 Å². The minimum absolute atomic E-state index is 0.182. The summed E-state index contributed by atoms with van der Waals surface area (Å²) in [5.41, 5.74) is 2.29. The summed E-state index contributed by atoms with van der Waals surface area (Å²) in [7, 11) is 0. The maximum absolute atomic E-state index is 11.1. The molecule has 0 amide bonds. The molecule has 1 unspecified atom stereocenters. The molecule has 1 N–H and O–H groups in total. The van der Waals surface area contributed by atoms with E-state index in [1.807, 2.05) is 6.07 Å². The second-order valence-electron chi connectivity index (χ2n) is 5.67. The molecule has 0 saturated heterocycles. The van der Waals surface area contributed by atoms with Crippen LogP contribution in [0.5, 0.6) is 0 Å². The fourth-order valence-corrected chi connectivity index (χ4v) is 2.91. The number of fused-ring (bicyclic) bond motifs is 1. The maximum atomic E-state index is 11.1. The number of unbranched alkanes of at least 4 members (excludes halogenated alkanes) is 3. The molecule has 0 bridgehead atoms. The van der Waals surface area contributed by atoms with Crippen molar-refractivity contribution in [1.29, 1.82) is 0 Å². The summed E-state index contributed by atoms with van der Waals surface area (Å²) in [5.74, 6) is -0.552. The quantitative estimate of drug-likeness (QED) is 0.484. The first-order valence-corrected chi connectivity index (χ1v) is 7.93. The lowest BCUT2D eigenvalue weighted by Gasteiger charge is -2.18. The van der Waals surface area contributed by atoms with Crippen LogP contribution in [0, 0.1) is 0 Å².